The van der Waals surface area contributed by atoms with Crippen LogP contribution in [-0.4, -0.2) is 23.1 Å². The summed E-state index contributed by atoms with van der Waals surface area (Å²) in [6.07, 6.45) is 0. The van der Waals surface area contributed by atoms with Gasteiger partial charge in [0.2, 0.25) is 0 Å². The molecule has 1 rings (SSSR count). The molecule has 17 heavy (non-hydrogen) atoms. The van der Waals surface area contributed by atoms with Crippen molar-refractivity contribution in [2.75, 3.05) is 6.61 Å². The predicted octanol–water partition coefficient (Wildman–Crippen LogP) is 2.70. The van der Waals surface area contributed by atoms with Gasteiger partial charge in [-0.25, -0.2) is 4.79 Å². The molecule has 0 atom stereocenters. The van der Waals surface area contributed by atoms with Crippen molar-refractivity contribution < 1.29 is 14.3 Å². The van der Waals surface area contributed by atoms with E-state index in [4.69, 9.17) is 10.3 Å². The number of carbonyl (C=O) groups is 1. The number of rotatable bonds is 4. The maximum Gasteiger partial charge on any atom is 0.422 e. The van der Waals surface area contributed by atoms with Crippen molar-refractivity contribution in [2.45, 2.75) is 6.92 Å². The Morgan fingerprint density at radius 3 is 2.53 bits per heavy atom. The van der Waals surface area contributed by atoms with E-state index in [1.165, 1.54) is 0 Å². The average molecular weight is 295 g/mol. The molecule has 0 fully saturated rings. The van der Waals surface area contributed by atoms with Crippen LogP contribution in [-0.2, 0) is 9.53 Å². The van der Waals surface area contributed by atoms with Gasteiger partial charge in [-0.15, -0.1) is 0 Å². The Labute approximate surface area is 108 Å². The van der Waals surface area contributed by atoms with Crippen LogP contribution in [0.15, 0.2) is 35.3 Å². The lowest BCUT2D eigenvalue weighted by atomic mass is 10.0. The molecule has 0 aliphatic carbocycles. The summed E-state index contributed by atoms with van der Waals surface area (Å²) in [5.74, 6) is -0.692. The summed E-state index contributed by atoms with van der Waals surface area (Å²) in [5.41, 5.74) is 9.65. The molecule has 0 saturated heterocycles. The van der Waals surface area contributed by atoms with Crippen molar-refractivity contribution in [3.8, 4) is 0 Å². The summed E-state index contributed by atoms with van der Waals surface area (Å²) in [5, 5.41) is 0. The van der Waals surface area contributed by atoms with Crippen LogP contribution in [0.5, 0.6) is 0 Å². The minimum Gasteiger partial charge on any atom is -0.457 e. The van der Waals surface area contributed by atoms with Gasteiger partial charge in [0.1, 0.15) is 0 Å². The smallest absolute Gasteiger partial charge is 0.422 e. The highest BCUT2D eigenvalue weighted by molar-refractivity contribution is 9.10. The zero-order valence-electron chi connectivity index (χ0n) is 9.31. The monoisotopic (exact) mass is 294 g/mol. The number of hydrogen-bond acceptors (Lipinski definition) is 2. The second kappa shape index (κ2) is 6.13. The quantitative estimate of drug-likeness (QED) is 0.371. The summed E-state index contributed by atoms with van der Waals surface area (Å²) in [6.45, 7) is 5.61. The standard InChI is InChI=1S/C12H11BrN2O2/c1-3-17-12(16)11(15-14)8(2)9-4-6-10(13)7-5-9/h4-7H,2-3H2,1H3. The van der Waals surface area contributed by atoms with Crippen LogP contribution in [0.2, 0.25) is 0 Å². The molecule has 0 radical (unpaired) electrons. The highest BCUT2D eigenvalue weighted by Crippen LogP contribution is 2.17. The van der Waals surface area contributed by atoms with Crippen LogP contribution in [0.1, 0.15) is 12.5 Å². The number of benzene rings is 1. The number of ether oxygens (including phenoxy) is 1. The van der Waals surface area contributed by atoms with Crippen LogP contribution >= 0.6 is 15.9 Å². The van der Waals surface area contributed by atoms with Crippen LogP contribution < -0.4 is 0 Å². The van der Waals surface area contributed by atoms with Crippen LogP contribution in [0.4, 0.5) is 0 Å². The van der Waals surface area contributed by atoms with E-state index < -0.39 is 5.97 Å². The van der Waals surface area contributed by atoms with Gasteiger partial charge in [-0.2, -0.15) is 4.79 Å². The highest BCUT2D eigenvalue weighted by atomic mass is 79.9. The summed E-state index contributed by atoms with van der Waals surface area (Å²) >= 11 is 3.30. The molecule has 0 aliphatic heterocycles. The van der Waals surface area contributed by atoms with Gasteiger partial charge in [0.15, 0.2) is 0 Å². The Kier molecular flexibility index (Phi) is 4.82. The molecule has 1 aromatic carbocycles. The van der Waals surface area contributed by atoms with E-state index >= 15 is 0 Å². The van der Waals surface area contributed by atoms with Gasteiger partial charge in [0, 0.05) is 4.47 Å². The number of nitrogens with zero attached hydrogens (tertiary/aromatic N) is 2. The summed E-state index contributed by atoms with van der Waals surface area (Å²) in [4.78, 5) is 14.4. The molecule has 0 unspecified atom stereocenters. The second-order valence-electron chi connectivity index (χ2n) is 3.15. The molecule has 1 aromatic rings. The lowest BCUT2D eigenvalue weighted by molar-refractivity contribution is -0.139. The molecular weight excluding hydrogens is 284 g/mol. The summed E-state index contributed by atoms with van der Waals surface area (Å²) in [7, 11) is 0. The molecule has 0 saturated carbocycles. The number of hydrogen-bond donors (Lipinski definition) is 0. The van der Waals surface area contributed by atoms with E-state index in [-0.39, 0.29) is 12.3 Å². The highest BCUT2D eigenvalue weighted by Gasteiger charge is 2.26. The number of halogens is 1. The molecule has 0 bridgehead atoms. The lowest BCUT2D eigenvalue weighted by Crippen LogP contribution is -2.19. The van der Waals surface area contributed by atoms with E-state index in [0.29, 0.717) is 11.1 Å². The Hall–Kier alpha value is -1.71. The molecule has 0 heterocycles. The molecule has 5 heteroatoms. The van der Waals surface area contributed by atoms with Crippen LogP contribution in [0.3, 0.4) is 0 Å². The minimum atomic E-state index is -0.692. The maximum absolute atomic E-state index is 11.5. The van der Waals surface area contributed by atoms with Gasteiger partial charge in [-0.3, -0.25) is 0 Å². The normalized spacial score (nSPS) is 9.29. The zero-order valence-corrected chi connectivity index (χ0v) is 10.9. The van der Waals surface area contributed by atoms with Gasteiger partial charge in [0.25, 0.3) is 0 Å². The van der Waals surface area contributed by atoms with Crippen molar-refractivity contribution in [2.24, 2.45) is 0 Å². The zero-order chi connectivity index (χ0) is 12.8. The van der Waals surface area contributed by atoms with Gasteiger partial charge >= 0.3 is 11.7 Å². The molecular formula is C12H11BrN2O2. The van der Waals surface area contributed by atoms with E-state index in [1.807, 2.05) is 0 Å². The molecule has 0 amide bonds. The van der Waals surface area contributed by atoms with E-state index in [2.05, 4.69) is 27.3 Å². The molecule has 0 N–H and O–H groups in total. The fraction of sp³-hybridized carbons (Fsp3) is 0.167. The number of esters is 1. The third-order valence-corrected chi connectivity index (χ3v) is 2.58. The first-order valence-electron chi connectivity index (χ1n) is 4.94. The minimum absolute atomic E-state index is 0.186. The fourth-order valence-corrected chi connectivity index (χ4v) is 1.48. The topological polar surface area (TPSA) is 62.7 Å². The third kappa shape index (κ3) is 3.37. The first-order chi connectivity index (χ1) is 8.10. The SMILES string of the molecule is C=C(C(=[N+]=[N-])C(=O)OCC)c1ccc(Br)cc1. The molecule has 0 aromatic heterocycles. The second-order valence-corrected chi connectivity index (χ2v) is 4.07. The van der Waals surface area contributed by atoms with Gasteiger partial charge in [-0.1, -0.05) is 34.6 Å². The van der Waals surface area contributed by atoms with Crippen molar-refractivity contribution in [1.29, 1.82) is 0 Å². The van der Waals surface area contributed by atoms with Crippen LogP contribution in [0, 0.1) is 0 Å². The summed E-state index contributed by atoms with van der Waals surface area (Å²) in [6, 6.07) is 7.13. The Morgan fingerprint density at radius 1 is 1.47 bits per heavy atom. The number of carbonyl (C=O) groups excluding carboxylic acids is 1. The molecule has 88 valence electrons. The van der Waals surface area contributed by atoms with Crippen LogP contribution in [0.25, 0.3) is 11.1 Å². The van der Waals surface area contributed by atoms with Gasteiger partial charge < -0.3 is 10.3 Å². The van der Waals surface area contributed by atoms with E-state index in [9.17, 15) is 4.79 Å². The molecule has 4 nitrogen and oxygen atoms in total. The lowest BCUT2D eigenvalue weighted by Gasteiger charge is -2.01. The largest absolute Gasteiger partial charge is 0.457 e. The first kappa shape index (κ1) is 13.4. The Morgan fingerprint density at radius 2 is 2.06 bits per heavy atom. The van der Waals surface area contributed by atoms with Gasteiger partial charge in [0.05, 0.1) is 12.2 Å². The maximum atomic E-state index is 11.5. The Bertz CT molecular complexity index is 488. The van der Waals surface area contributed by atoms with Gasteiger partial charge in [-0.05, 0) is 24.6 Å². The average Bonchev–Trinajstić information content (AvgIpc) is 2.31. The first-order valence-corrected chi connectivity index (χ1v) is 5.73. The molecule has 0 aliphatic rings. The fourth-order valence-electron chi connectivity index (χ4n) is 1.21. The third-order valence-electron chi connectivity index (χ3n) is 2.05. The van der Waals surface area contributed by atoms with Crippen molar-refractivity contribution in [1.82, 2.24) is 0 Å². The van der Waals surface area contributed by atoms with E-state index in [0.717, 1.165) is 4.47 Å². The Balaban J connectivity index is 2.99. The van der Waals surface area contributed by atoms with E-state index in [1.54, 1.807) is 31.2 Å². The van der Waals surface area contributed by atoms with Crippen molar-refractivity contribution in [3.05, 3.63) is 46.4 Å². The summed E-state index contributed by atoms with van der Waals surface area (Å²) < 4.78 is 5.67. The molecule has 0 spiro atoms. The van der Waals surface area contributed by atoms with Crippen molar-refractivity contribution >= 4 is 33.2 Å². The van der Waals surface area contributed by atoms with Crippen molar-refractivity contribution in [3.63, 3.8) is 0 Å². The predicted molar refractivity (Wildman–Crippen MR) is 68.4 cm³/mol.